The molecule has 3 aromatic rings. The number of aromatic nitrogens is 1. The maximum Gasteiger partial charge on any atom is 0.352 e. The molecule has 0 aliphatic heterocycles. The first kappa shape index (κ1) is 18.5. The molecule has 0 saturated heterocycles. The third kappa shape index (κ3) is 3.34. The monoisotopic (exact) mass is 416 g/mol. The third-order valence-electron chi connectivity index (χ3n) is 4.53. The number of phenolic OH excluding ortho intramolecular Hbond substituents is 1. The second-order valence-electron chi connectivity index (χ2n) is 6.60. The zero-order valence-electron chi connectivity index (χ0n) is 15.0. The summed E-state index contributed by atoms with van der Waals surface area (Å²) in [6, 6.07) is 13.5. The van der Waals surface area contributed by atoms with Crippen molar-refractivity contribution in [3.05, 3.63) is 64.8 Å². The number of aryl methyl sites for hydroxylation is 1. The highest BCUT2D eigenvalue weighted by Gasteiger charge is 2.26. The number of halogens is 1. The molecule has 2 aromatic carbocycles. The molecule has 0 fully saturated rings. The smallest absolute Gasteiger partial charge is 0.352 e. The predicted molar refractivity (Wildman–Crippen MR) is 106 cm³/mol. The quantitative estimate of drug-likeness (QED) is 0.682. The van der Waals surface area contributed by atoms with E-state index in [1.54, 1.807) is 6.07 Å². The van der Waals surface area contributed by atoms with Crippen LogP contribution in [0.2, 0.25) is 0 Å². The molecule has 0 aliphatic carbocycles. The minimum atomic E-state index is -0.466. The number of hydrogen-bond acceptors (Lipinski definition) is 4. The summed E-state index contributed by atoms with van der Waals surface area (Å²) in [5.74, 6) is -0.293. The van der Waals surface area contributed by atoms with E-state index in [1.165, 1.54) is 0 Å². The predicted octanol–water partition coefficient (Wildman–Crippen LogP) is 4.00. The molecule has 26 heavy (non-hydrogen) atoms. The fourth-order valence-electron chi connectivity index (χ4n) is 3.37. The average molecular weight is 417 g/mol. The van der Waals surface area contributed by atoms with E-state index in [4.69, 9.17) is 3.83 Å². The lowest BCUT2D eigenvalue weighted by molar-refractivity contribution is 0.0782. The largest absolute Gasteiger partial charge is 0.508 e. The van der Waals surface area contributed by atoms with Crippen LogP contribution in [-0.4, -0.2) is 34.6 Å². The number of benzene rings is 2. The average Bonchev–Trinajstić information content (AvgIpc) is 2.90. The Morgan fingerprint density at radius 1 is 1.19 bits per heavy atom. The van der Waals surface area contributed by atoms with Gasteiger partial charge in [-0.15, -0.1) is 0 Å². The number of aromatic hydroxyl groups is 1. The molecule has 136 valence electrons. The Balaban J connectivity index is 2.30. The minimum Gasteiger partial charge on any atom is -0.508 e. The van der Waals surface area contributed by atoms with E-state index in [1.807, 2.05) is 67.0 Å². The van der Waals surface area contributed by atoms with Crippen LogP contribution in [0.1, 0.15) is 27.2 Å². The summed E-state index contributed by atoms with van der Waals surface area (Å²) in [6.45, 7) is 0.514. The standard InChI is InChI=1S/C20H21BrN2O3/c1-22(2)12-14-17(24)10-9-15-18(14)19(20(25)26-21)16(23(15)3)11-13-7-5-4-6-8-13/h4-10,24H,11-12H2,1-3H3. The van der Waals surface area contributed by atoms with Crippen molar-refractivity contribution in [2.75, 3.05) is 14.1 Å². The van der Waals surface area contributed by atoms with Crippen molar-refractivity contribution in [3.63, 3.8) is 0 Å². The van der Waals surface area contributed by atoms with Gasteiger partial charge in [-0.1, -0.05) is 30.3 Å². The second kappa shape index (κ2) is 7.51. The van der Waals surface area contributed by atoms with Gasteiger partial charge in [0.05, 0.1) is 5.56 Å². The summed E-state index contributed by atoms with van der Waals surface area (Å²) < 4.78 is 6.90. The van der Waals surface area contributed by atoms with Crippen LogP contribution in [0.4, 0.5) is 0 Å². The maximum atomic E-state index is 12.6. The Morgan fingerprint density at radius 2 is 1.88 bits per heavy atom. The van der Waals surface area contributed by atoms with Gasteiger partial charge in [-0.2, -0.15) is 0 Å². The minimum absolute atomic E-state index is 0.173. The molecule has 3 rings (SSSR count). The highest BCUT2D eigenvalue weighted by molar-refractivity contribution is 9.06. The fourth-order valence-corrected chi connectivity index (χ4v) is 3.53. The highest BCUT2D eigenvalue weighted by Crippen LogP contribution is 2.35. The fraction of sp³-hybridized carbons (Fsp3) is 0.250. The Bertz CT molecular complexity index is 949. The number of carbonyl (C=O) groups excluding carboxylic acids is 1. The Kier molecular flexibility index (Phi) is 5.34. The van der Waals surface area contributed by atoms with E-state index >= 15 is 0 Å². The van der Waals surface area contributed by atoms with Gasteiger partial charge in [-0.05, 0) is 31.8 Å². The van der Waals surface area contributed by atoms with Gasteiger partial charge in [-0.25, -0.2) is 4.79 Å². The first-order chi connectivity index (χ1) is 12.4. The highest BCUT2D eigenvalue weighted by atomic mass is 79.9. The van der Waals surface area contributed by atoms with E-state index in [9.17, 15) is 9.90 Å². The molecular formula is C20H21BrN2O3. The first-order valence-corrected chi connectivity index (χ1v) is 8.92. The molecule has 0 amide bonds. The van der Waals surface area contributed by atoms with E-state index in [-0.39, 0.29) is 5.75 Å². The summed E-state index contributed by atoms with van der Waals surface area (Å²) in [6.07, 6.45) is 0.589. The molecular weight excluding hydrogens is 396 g/mol. The van der Waals surface area contributed by atoms with E-state index in [0.717, 1.165) is 27.7 Å². The van der Waals surface area contributed by atoms with Gasteiger partial charge in [0.1, 0.15) is 5.75 Å². The molecule has 5 nitrogen and oxygen atoms in total. The van der Waals surface area contributed by atoms with E-state index in [2.05, 4.69) is 16.3 Å². The van der Waals surface area contributed by atoms with Crippen molar-refractivity contribution in [2.45, 2.75) is 13.0 Å². The molecule has 1 N–H and O–H groups in total. The van der Waals surface area contributed by atoms with Crippen LogP contribution in [0.5, 0.6) is 5.75 Å². The third-order valence-corrected chi connectivity index (χ3v) is 4.83. The van der Waals surface area contributed by atoms with Crippen LogP contribution in [0.15, 0.2) is 42.5 Å². The summed E-state index contributed by atoms with van der Waals surface area (Å²) in [5, 5.41) is 11.2. The lowest BCUT2D eigenvalue weighted by atomic mass is 10.0. The molecule has 6 heteroatoms. The first-order valence-electron chi connectivity index (χ1n) is 8.27. The van der Waals surface area contributed by atoms with Crippen LogP contribution in [0.3, 0.4) is 0 Å². The summed E-state index contributed by atoms with van der Waals surface area (Å²) >= 11 is 2.83. The second-order valence-corrected chi connectivity index (χ2v) is 6.93. The van der Waals surface area contributed by atoms with Crippen LogP contribution in [-0.2, 0) is 23.8 Å². The molecule has 0 radical (unpaired) electrons. The van der Waals surface area contributed by atoms with Crippen molar-refractivity contribution < 1.29 is 13.7 Å². The number of fused-ring (bicyclic) bond motifs is 1. The van der Waals surface area contributed by atoms with Crippen molar-refractivity contribution in [1.82, 2.24) is 9.47 Å². The molecule has 0 aliphatic rings. The molecule has 0 spiro atoms. The molecule has 0 bridgehead atoms. The zero-order chi connectivity index (χ0) is 18.8. The topological polar surface area (TPSA) is 54.7 Å². The summed E-state index contributed by atoms with van der Waals surface area (Å²) in [4.78, 5) is 14.6. The van der Waals surface area contributed by atoms with Crippen molar-refractivity contribution in [3.8, 4) is 5.75 Å². The van der Waals surface area contributed by atoms with Crippen molar-refractivity contribution in [2.24, 2.45) is 7.05 Å². The Morgan fingerprint density at radius 3 is 2.50 bits per heavy atom. The van der Waals surface area contributed by atoms with Gasteiger partial charge in [-0.3, -0.25) is 0 Å². The van der Waals surface area contributed by atoms with Crippen LogP contribution >= 0.6 is 16.3 Å². The number of nitrogens with zero attached hydrogens (tertiary/aromatic N) is 2. The van der Waals surface area contributed by atoms with Crippen LogP contribution in [0, 0.1) is 0 Å². The Labute approximate surface area is 161 Å². The number of phenols is 1. The number of carbonyl (C=O) groups is 1. The molecule has 1 aromatic heterocycles. The lowest BCUT2D eigenvalue weighted by Gasteiger charge is -2.13. The van der Waals surface area contributed by atoms with Crippen molar-refractivity contribution in [1.29, 1.82) is 0 Å². The normalized spacial score (nSPS) is 11.3. The van der Waals surface area contributed by atoms with Crippen LogP contribution in [0.25, 0.3) is 10.9 Å². The van der Waals surface area contributed by atoms with Gasteiger partial charge < -0.3 is 18.4 Å². The number of rotatable bonds is 5. The molecule has 0 atom stereocenters. The van der Waals surface area contributed by atoms with Gasteiger partial charge in [0.25, 0.3) is 0 Å². The maximum absolute atomic E-state index is 12.6. The van der Waals surface area contributed by atoms with Crippen LogP contribution < -0.4 is 0 Å². The van der Waals surface area contributed by atoms with E-state index in [0.29, 0.717) is 18.5 Å². The van der Waals surface area contributed by atoms with Gasteiger partial charge in [0.2, 0.25) is 0 Å². The Hall–Kier alpha value is -2.31. The molecule has 0 saturated carbocycles. The van der Waals surface area contributed by atoms with E-state index < -0.39 is 5.97 Å². The van der Waals surface area contributed by atoms with Gasteiger partial charge >= 0.3 is 5.97 Å². The lowest BCUT2D eigenvalue weighted by Crippen LogP contribution is -2.12. The SMILES string of the molecule is CN(C)Cc1c(O)ccc2c1c(C(=O)OBr)c(Cc1ccccc1)n2C. The summed E-state index contributed by atoms with van der Waals surface area (Å²) in [7, 11) is 5.78. The zero-order valence-corrected chi connectivity index (χ0v) is 16.6. The summed E-state index contributed by atoms with van der Waals surface area (Å²) in [5.41, 5.74) is 4.03. The van der Waals surface area contributed by atoms with Gasteiger partial charge in [0, 0.05) is 42.2 Å². The molecule has 1 heterocycles. The number of hydrogen-bond donors (Lipinski definition) is 1. The molecule has 0 unspecified atom stereocenters. The van der Waals surface area contributed by atoms with Gasteiger partial charge in [0.15, 0.2) is 16.3 Å². The van der Waals surface area contributed by atoms with Crippen molar-refractivity contribution >= 4 is 33.1 Å².